The molecule has 3 N–H and O–H groups in total. The highest BCUT2D eigenvalue weighted by atomic mass is 35.5. The van der Waals surface area contributed by atoms with Gasteiger partial charge in [-0.3, -0.25) is 4.90 Å². The number of methoxy groups -OCH3 is 1. The maximum Gasteiger partial charge on any atom is 0.342 e. The number of carbonyl (C=O) groups excluding carboxylic acids is 1. The molecular formula is C20H24ClNO5. The van der Waals surface area contributed by atoms with Gasteiger partial charge in [0.1, 0.15) is 5.56 Å². The quantitative estimate of drug-likeness (QED) is 0.545. The van der Waals surface area contributed by atoms with Gasteiger partial charge in [-0.25, -0.2) is 4.79 Å². The minimum absolute atomic E-state index is 0. The van der Waals surface area contributed by atoms with Crippen molar-refractivity contribution in [3.05, 3.63) is 58.7 Å². The first-order chi connectivity index (χ1) is 12.6. The summed E-state index contributed by atoms with van der Waals surface area (Å²) in [4.78, 5) is 14.4. The molecule has 7 heteroatoms. The Morgan fingerprint density at radius 3 is 2.59 bits per heavy atom. The number of halogens is 1. The number of phenols is 2. The Morgan fingerprint density at radius 2 is 1.96 bits per heavy atom. The van der Waals surface area contributed by atoms with Crippen molar-refractivity contribution in [3.63, 3.8) is 0 Å². The molecule has 146 valence electrons. The lowest BCUT2D eigenvalue weighted by molar-refractivity contribution is 0.0595. The summed E-state index contributed by atoms with van der Waals surface area (Å²) in [6.07, 6.45) is 0.511. The van der Waals surface area contributed by atoms with E-state index in [0.29, 0.717) is 31.6 Å². The van der Waals surface area contributed by atoms with E-state index < -0.39 is 11.7 Å². The van der Waals surface area contributed by atoms with Gasteiger partial charge in [0.15, 0.2) is 11.5 Å². The number of nitrogens with zero attached hydrogens (tertiary/aromatic N) is 1. The molecule has 0 radical (unpaired) electrons. The highest BCUT2D eigenvalue weighted by Crippen LogP contribution is 2.41. The molecule has 0 amide bonds. The number of aliphatic hydroxyl groups is 1. The fraction of sp³-hybridized carbons (Fsp3) is 0.350. The van der Waals surface area contributed by atoms with Crippen molar-refractivity contribution in [1.29, 1.82) is 0 Å². The Balaban J connectivity index is 0.00000261. The van der Waals surface area contributed by atoms with Gasteiger partial charge in [0.2, 0.25) is 0 Å². The van der Waals surface area contributed by atoms with Crippen LogP contribution in [0.1, 0.15) is 33.0 Å². The second kappa shape index (κ2) is 9.08. The van der Waals surface area contributed by atoms with E-state index in [9.17, 15) is 20.1 Å². The average Bonchev–Trinajstić information content (AvgIpc) is 2.83. The number of benzene rings is 2. The fourth-order valence-corrected chi connectivity index (χ4v) is 3.65. The molecule has 0 fully saturated rings. The lowest BCUT2D eigenvalue weighted by Crippen LogP contribution is -2.31. The van der Waals surface area contributed by atoms with E-state index >= 15 is 0 Å². The summed E-state index contributed by atoms with van der Waals surface area (Å²) in [6.45, 7) is 1.83. The average molecular weight is 394 g/mol. The lowest BCUT2D eigenvalue weighted by atomic mass is 9.85. The minimum atomic E-state index is -0.669. The molecule has 2 aromatic carbocycles. The van der Waals surface area contributed by atoms with Crippen LogP contribution in [0.4, 0.5) is 0 Å². The SMILES string of the molecule is COC(=O)c1c(O)c(O)cc2c1CCN(CCO)CC2c1ccccc1.Cl. The third-order valence-electron chi connectivity index (χ3n) is 4.92. The molecular weight excluding hydrogens is 370 g/mol. The number of phenolic OH excluding ortho intramolecular Hbond substituents is 2. The van der Waals surface area contributed by atoms with Gasteiger partial charge >= 0.3 is 5.97 Å². The van der Waals surface area contributed by atoms with Gasteiger partial charge in [0.05, 0.1) is 13.7 Å². The molecule has 1 aliphatic heterocycles. The molecule has 0 aliphatic carbocycles. The second-order valence-electron chi connectivity index (χ2n) is 6.42. The van der Waals surface area contributed by atoms with Crippen LogP contribution in [0.2, 0.25) is 0 Å². The van der Waals surface area contributed by atoms with Crippen LogP contribution < -0.4 is 0 Å². The summed E-state index contributed by atoms with van der Waals surface area (Å²) < 4.78 is 4.83. The first kappa shape index (κ1) is 21.0. The molecule has 1 unspecified atom stereocenters. The number of ether oxygens (including phenoxy) is 1. The zero-order valence-electron chi connectivity index (χ0n) is 15.1. The zero-order valence-corrected chi connectivity index (χ0v) is 15.9. The van der Waals surface area contributed by atoms with Crippen LogP contribution in [-0.4, -0.2) is 59.5 Å². The van der Waals surface area contributed by atoms with Gasteiger partial charge in [0, 0.05) is 25.6 Å². The summed E-state index contributed by atoms with van der Waals surface area (Å²) >= 11 is 0. The topological polar surface area (TPSA) is 90.2 Å². The first-order valence-electron chi connectivity index (χ1n) is 8.61. The molecule has 0 bridgehead atoms. The second-order valence-corrected chi connectivity index (χ2v) is 6.42. The van der Waals surface area contributed by atoms with Crippen LogP contribution >= 0.6 is 12.4 Å². The van der Waals surface area contributed by atoms with E-state index in [1.165, 1.54) is 13.2 Å². The molecule has 0 spiro atoms. The highest BCUT2D eigenvalue weighted by molar-refractivity contribution is 5.95. The molecule has 1 atom stereocenters. The molecule has 27 heavy (non-hydrogen) atoms. The molecule has 6 nitrogen and oxygen atoms in total. The van der Waals surface area contributed by atoms with Gasteiger partial charge in [-0.2, -0.15) is 0 Å². The summed E-state index contributed by atoms with van der Waals surface area (Å²) in [7, 11) is 1.25. The Kier molecular flexibility index (Phi) is 7.07. The van der Waals surface area contributed by atoms with Gasteiger partial charge in [-0.1, -0.05) is 30.3 Å². The molecule has 3 rings (SSSR count). The van der Waals surface area contributed by atoms with Crippen molar-refractivity contribution in [2.24, 2.45) is 0 Å². The summed E-state index contributed by atoms with van der Waals surface area (Å²) in [5.74, 6) is -1.55. The van der Waals surface area contributed by atoms with Gasteiger partial charge in [0.25, 0.3) is 0 Å². The smallest absolute Gasteiger partial charge is 0.342 e. The van der Waals surface area contributed by atoms with Crippen molar-refractivity contribution in [2.75, 3.05) is 33.4 Å². The van der Waals surface area contributed by atoms with Crippen molar-refractivity contribution < 1.29 is 24.9 Å². The number of hydrogen-bond acceptors (Lipinski definition) is 6. The molecule has 1 heterocycles. The van der Waals surface area contributed by atoms with Crippen molar-refractivity contribution >= 4 is 18.4 Å². The molecule has 0 saturated carbocycles. The van der Waals surface area contributed by atoms with Crippen LogP contribution in [-0.2, 0) is 11.2 Å². The summed E-state index contributed by atoms with van der Waals surface area (Å²) in [5, 5.41) is 29.8. The normalized spacial score (nSPS) is 16.7. The van der Waals surface area contributed by atoms with E-state index in [1.807, 2.05) is 30.3 Å². The largest absolute Gasteiger partial charge is 0.504 e. The van der Waals surface area contributed by atoms with E-state index in [4.69, 9.17) is 4.74 Å². The maximum absolute atomic E-state index is 12.3. The number of esters is 1. The Morgan fingerprint density at radius 1 is 1.26 bits per heavy atom. The van der Waals surface area contributed by atoms with E-state index in [2.05, 4.69) is 4.90 Å². The number of β-amino-alcohol motifs (C(OH)–C–C–N with tert-alkyl or cyclic N) is 1. The van der Waals surface area contributed by atoms with Gasteiger partial charge in [-0.05, 0) is 29.2 Å². The number of aromatic hydroxyl groups is 2. The summed E-state index contributed by atoms with van der Waals surface area (Å²) in [5.41, 5.74) is 2.54. The van der Waals surface area contributed by atoms with E-state index in [0.717, 1.165) is 11.1 Å². The minimum Gasteiger partial charge on any atom is -0.504 e. The fourth-order valence-electron chi connectivity index (χ4n) is 3.65. The van der Waals surface area contributed by atoms with Crippen LogP contribution in [0.3, 0.4) is 0 Å². The van der Waals surface area contributed by atoms with Crippen molar-refractivity contribution in [1.82, 2.24) is 4.90 Å². The Bertz CT molecular complexity index is 797. The number of aliphatic hydroxyl groups excluding tert-OH is 1. The van der Waals surface area contributed by atoms with E-state index in [-0.39, 0.29) is 36.2 Å². The summed E-state index contributed by atoms with van der Waals surface area (Å²) in [6, 6.07) is 11.4. The lowest BCUT2D eigenvalue weighted by Gasteiger charge is -2.25. The number of hydrogen-bond donors (Lipinski definition) is 3. The third kappa shape index (κ3) is 4.18. The monoisotopic (exact) mass is 393 g/mol. The predicted octanol–water partition coefficient (Wildman–Crippen LogP) is 2.29. The molecule has 0 aromatic heterocycles. The van der Waals surface area contributed by atoms with Crippen LogP contribution in [0.25, 0.3) is 0 Å². The maximum atomic E-state index is 12.3. The van der Waals surface area contributed by atoms with Gasteiger partial charge in [-0.15, -0.1) is 12.4 Å². The zero-order chi connectivity index (χ0) is 18.7. The van der Waals surface area contributed by atoms with Gasteiger partial charge < -0.3 is 20.1 Å². The van der Waals surface area contributed by atoms with Crippen molar-refractivity contribution in [3.8, 4) is 11.5 Å². The number of fused-ring (bicyclic) bond motifs is 1. The highest BCUT2D eigenvalue weighted by Gasteiger charge is 2.31. The standard InChI is InChI=1S/C20H23NO5.ClH/c1-26-20(25)18-14-7-8-21(9-10-22)12-16(13-5-3-2-4-6-13)15(14)11-17(23)19(18)24;/h2-6,11,16,22-24H,7-10,12H2,1H3;1H. The third-order valence-corrected chi connectivity index (χ3v) is 4.92. The predicted molar refractivity (Wildman–Crippen MR) is 104 cm³/mol. The van der Waals surface area contributed by atoms with Crippen LogP contribution in [0.15, 0.2) is 36.4 Å². The molecule has 2 aromatic rings. The van der Waals surface area contributed by atoms with Crippen LogP contribution in [0.5, 0.6) is 11.5 Å². The number of carbonyl (C=O) groups is 1. The van der Waals surface area contributed by atoms with E-state index in [1.54, 1.807) is 0 Å². The molecule has 1 aliphatic rings. The van der Waals surface area contributed by atoms with Crippen LogP contribution in [0, 0.1) is 0 Å². The molecule has 0 saturated heterocycles. The first-order valence-corrected chi connectivity index (χ1v) is 8.61. The Labute approximate surface area is 164 Å². The Hall–Kier alpha value is -2.28. The van der Waals surface area contributed by atoms with Crippen molar-refractivity contribution in [2.45, 2.75) is 12.3 Å². The number of rotatable bonds is 4.